The number of rotatable bonds is 6. The highest BCUT2D eigenvalue weighted by Gasteiger charge is 2.31. The lowest BCUT2D eigenvalue weighted by atomic mass is 9.88. The second-order valence-corrected chi connectivity index (χ2v) is 11.2. The van der Waals surface area contributed by atoms with Crippen LogP contribution in [0.5, 0.6) is 0 Å². The zero-order valence-corrected chi connectivity index (χ0v) is 19.0. The molecule has 6 nitrogen and oxygen atoms in total. The van der Waals surface area contributed by atoms with Crippen LogP contribution >= 0.6 is 0 Å². The molecule has 1 aromatic rings. The standard InChI is InChI=1S/C23H34FN3O3S/c24-21-9-8-19(16-22(21)31(29,30)27-12-4-5-13-27)23(28)25-20-10-14-26(15-11-20)17-18-6-2-1-3-7-18/h8-9,16,18,20H,1-7,10-15,17H2,(H,25,28). The van der Waals surface area contributed by atoms with E-state index in [2.05, 4.69) is 10.2 Å². The summed E-state index contributed by atoms with van der Waals surface area (Å²) in [6.07, 6.45) is 10.1. The normalized spacial score (nSPS) is 22.6. The third-order valence-corrected chi connectivity index (χ3v) is 8.95. The summed E-state index contributed by atoms with van der Waals surface area (Å²) in [5.74, 6) is -0.321. The topological polar surface area (TPSA) is 69.7 Å². The predicted octanol–water partition coefficient (Wildman–Crippen LogP) is 3.38. The third-order valence-electron chi connectivity index (χ3n) is 7.04. The number of hydrogen-bond acceptors (Lipinski definition) is 4. The summed E-state index contributed by atoms with van der Waals surface area (Å²) in [5, 5.41) is 3.03. The molecule has 31 heavy (non-hydrogen) atoms. The fraction of sp³-hybridized carbons (Fsp3) is 0.696. The second kappa shape index (κ2) is 9.96. The molecule has 1 aromatic carbocycles. The van der Waals surface area contributed by atoms with Crippen LogP contribution < -0.4 is 5.32 Å². The Morgan fingerprint density at radius 3 is 2.32 bits per heavy atom. The lowest BCUT2D eigenvalue weighted by Crippen LogP contribution is -2.46. The molecule has 0 spiro atoms. The van der Waals surface area contributed by atoms with Crippen molar-refractivity contribution in [2.45, 2.75) is 68.7 Å². The van der Waals surface area contributed by atoms with Gasteiger partial charge in [-0.15, -0.1) is 0 Å². The number of hydrogen-bond donors (Lipinski definition) is 1. The number of benzene rings is 1. The number of nitrogens with zero attached hydrogens (tertiary/aromatic N) is 2. The van der Waals surface area contributed by atoms with Gasteiger partial charge in [0.05, 0.1) is 0 Å². The second-order valence-electron chi connectivity index (χ2n) is 9.31. The Hall–Kier alpha value is -1.51. The van der Waals surface area contributed by atoms with Crippen molar-refractivity contribution in [3.63, 3.8) is 0 Å². The van der Waals surface area contributed by atoms with Crippen LogP contribution in [-0.4, -0.2) is 62.3 Å². The van der Waals surface area contributed by atoms with Gasteiger partial charge in [-0.25, -0.2) is 12.8 Å². The van der Waals surface area contributed by atoms with Crippen molar-refractivity contribution >= 4 is 15.9 Å². The van der Waals surface area contributed by atoms with Crippen molar-refractivity contribution in [3.05, 3.63) is 29.6 Å². The van der Waals surface area contributed by atoms with Gasteiger partial charge in [-0.05, 0) is 62.6 Å². The molecule has 1 amide bonds. The molecule has 1 saturated carbocycles. The van der Waals surface area contributed by atoms with Crippen LogP contribution in [0.3, 0.4) is 0 Å². The molecule has 8 heteroatoms. The monoisotopic (exact) mass is 451 g/mol. The molecule has 0 aromatic heterocycles. The Bertz CT molecular complexity index is 872. The van der Waals surface area contributed by atoms with Gasteiger partial charge in [0.2, 0.25) is 10.0 Å². The highest BCUT2D eigenvalue weighted by Crippen LogP contribution is 2.26. The Morgan fingerprint density at radius 2 is 1.65 bits per heavy atom. The Balaban J connectivity index is 1.34. The lowest BCUT2D eigenvalue weighted by Gasteiger charge is -2.35. The van der Waals surface area contributed by atoms with Crippen LogP contribution in [0.15, 0.2) is 23.1 Å². The molecule has 172 valence electrons. The van der Waals surface area contributed by atoms with Crippen LogP contribution in [0.2, 0.25) is 0 Å². The summed E-state index contributed by atoms with van der Waals surface area (Å²) >= 11 is 0. The molecule has 0 unspecified atom stereocenters. The van der Waals surface area contributed by atoms with E-state index in [1.54, 1.807) is 0 Å². The molecule has 2 heterocycles. The fourth-order valence-corrected chi connectivity index (χ4v) is 6.78. The van der Waals surface area contributed by atoms with Gasteiger partial charge in [0.1, 0.15) is 10.7 Å². The third kappa shape index (κ3) is 5.46. The van der Waals surface area contributed by atoms with Crippen LogP contribution in [-0.2, 0) is 10.0 Å². The van der Waals surface area contributed by atoms with E-state index in [1.165, 1.54) is 48.5 Å². The van der Waals surface area contributed by atoms with Gasteiger partial charge < -0.3 is 10.2 Å². The van der Waals surface area contributed by atoms with Crippen LogP contribution in [0.1, 0.15) is 68.1 Å². The number of amides is 1. The molecule has 1 N–H and O–H groups in total. The number of halogens is 1. The van der Waals surface area contributed by atoms with Gasteiger partial charge >= 0.3 is 0 Å². The highest BCUT2D eigenvalue weighted by molar-refractivity contribution is 7.89. The number of carbonyl (C=O) groups is 1. The molecule has 0 atom stereocenters. The predicted molar refractivity (Wildman–Crippen MR) is 118 cm³/mol. The van der Waals surface area contributed by atoms with Gasteiger partial charge in [0, 0.05) is 44.3 Å². The molecule has 2 saturated heterocycles. The van der Waals surface area contributed by atoms with E-state index < -0.39 is 20.7 Å². The maximum absolute atomic E-state index is 14.3. The molecule has 2 aliphatic heterocycles. The SMILES string of the molecule is O=C(NC1CCN(CC2CCCCC2)CC1)c1ccc(F)c(S(=O)(=O)N2CCCC2)c1. The minimum Gasteiger partial charge on any atom is -0.349 e. The van der Waals surface area contributed by atoms with Gasteiger partial charge in [0.15, 0.2) is 0 Å². The number of likely N-dealkylation sites (tertiary alicyclic amines) is 1. The number of nitrogens with one attached hydrogen (secondary N) is 1. The van der Waals surface area contributed by atoms with Gasteiger partial charge in [0.25, 0.3) is 5.91 Å². The zero-order chi connectivity index (χ0) is 21.8. The Labute approximate surface area is 185 Å². The van der Waals surface area contributed by atoms with E-state index in [0.29, 0.717) is 13.1 Å². The van der Waals surface area contributed by atoms with E-state index in [4.69, 9.17) is 0 Å². The fourth-order valence-electron chi connectivity index (χ4n) is 5.17. The Morgan fingerprint density at radius 1 is 0.968 bits per heavy atom. The summed E-state index contributed by atoms with van der Waals surface area (Å²) in [6.45, 7) is 3.91. The first kappa shape index (κ1) is 22.7. The van der Waals surface area contributed by atoms with Gasteiger partial charge in [-0.2, -0.15) is 4.31 Å². The number of sulfonamides is 1. The van der Waals surface area contributed by atoms with E-state index in [0.717, 1.165) is 57.3 Å². The molecule has 3 aliphatic rings. The average Bonchev–Trinajstić information content (AvgIpc) is 3.32. The van der Waals surface area contributed by atoms with Gasteiger partial charge in [-0.3, -0.25) is 4.79 Å². The minimum atomic E-state index is -3.91. The van der Waals surface area contributed by atoms with Crippen molar-refractivity contribution in [3.8, 4) is 0 Å². The summed E-state index contributed by atoms with van der Waals surface area (Å²) in [4.78, 5) is 14.9. The van der Waals surface area contributed by atoms with E-state index >= 15 is 0 Å². The molecule has 0 bridgehead atoms. The average molecular weight is 452 g/mol. The van der Waals surface area contributed by atoms with E-state index in [-0.39, 0.29) is 17.5 Å². The van der Waals surface area contributed by atoms with Crippen LogP contribution in [0.25, 0.3) is 0 Å². The molecular weight excluding hydrogens is 417 g/mol. The molecular formula is C23H34FN3O3S. The zero-order valence-electron chi connectivity index (χ0n) is 18.2. The maximum Gasteiger partial charge on any atom is 0.251 e. The molecule has 1 aliphatic carbocycles. The van der Waals surface area contributed by atoms with Crippen LogP contribution in [0.4, 0.5) is 4.39 Å². The van der Waals surface area contributed by atoms with Crippen LogP contribution in [0, 0.1) is 11.7 Å². The largest absolute Gasteiger partial charge is 0.349 e. The van der Waals surface area contributed by atoms with Crippen molar-refractivity contribution in [2.24, 2.45) is 5.92 Å². The van der Waals surface area contributed by atoms with Crippen molar-refractivity contribution in [2.75, 3.05) is 32.7 Å². The van der Waals surface area contributed by atoms with Gasteiger partial charge in [-0.1, -0.05) is 19.3 Å². The highest BCUT2D eigenvalue weighted by atomic mass is 32.2. The van der Waals surface area contributed by atoms with E-state index in [1.807, 2.05) is 0 Å². The first-order valence-corrected chi connectivity index (χ1v) is 13.2. The molecule has 0 radical (unpaired) electrons. The first-order valence-electron chi connectivity index (χ1n) is 11.8. The first-order chi connectivity index (χ1) is 14.9. The van der Waals surface area contributed by atoms with Crippen molar-refractivity contribution < 1.29 is 17.6 Å². The van der Waals surface area contributed by atoms with Crippen molar-refractivity contribution in [1.29, 1.82) is 0 Å². The maximum atomic E-state index is 14.3. The Kier molecular flexibility index (Phi) is 7.29. The molecule has 3 fully saturated rings. The van der Waals surface area contributed by atoms with Crippen molar-refractivity contribution in [1.82, 2.24) is 14.5 Å². The minimum absolute atomic E-state index is 0.0683. The lowest BCUT2D eigenvalue weighted by molar-refractivity contribution is 0.0901. The smallest absolute Gasteiger partial charge is 0.251 e. The summed E-state index contributed by atoms with van der Waals surface area (Å²) in [7, 11) is -3.91. The summed E-state index contributed by atoms with van der Waals surface area (Å²) in [5.41, 5.74) is 0.198. The quantitative estimate of drug-likeness (QED) is 0.720. The number of piperidine rings is 1. The van der Waals surface area contributed by atoms with E-state index in [9.17, 15) is 17.6 Å². The number of carbonyl (C=O) groups excluding carboxylic acids is 1. The summed E-state index contributed by atoms with van der Waals surface area (Å²) in [6, 6.07) is 3.71. The summed E-state index contributed by atoms with van der Waals surface area (Å²) < 4.78 is 41.2. The molecule has 4 rings (SSSR count).